The van der Waals surface area contributed by atoms with E-state index in [-0.39, 0.29) is 6.04 Å². The van der Waals surface area contributed by atoms with Crippen molar-refractivity contribution < 1.29 is 0 Å². The van der Waals surface area contributed by atoms with Crippen LogP contribution in [0.1, 0.15) is 17.6 Å². The Bertz CT molecular complexity index is 540. The molecule has 1 atom stereocenters. The number of pyridine rings is 1. The van der Waals surface area contributed by atoms with E-state index in [1.165, 1.54) is 6.33 Å². The summed E-state index contributed by atoms with van der Waals surface area (Å²) in [4.78, 5) is 8.47. The number of nitrogens with one attached hydrogen (secondary N) is 1. The molecule has 2 aromatic rings. The second kappa shape index (κ2) is 5.65. The van der Waals surface area contributed by atoms with E-state index < -0.39 is 0 Å². The largest absolute Gasteiger partial charge is 0.311 e. The second-order valence-corrected chi connectivity index (χ2v) is 4.71. The first-order chi connectivity index (χ1) is 8.61. The summed E-state index contributed by atoms with van der Waals surface area (Å²) < 4.78 is 1.73. The summed E-state index contributed by atoms with van der Waals surface area (Å²) in [6.07, 6.45) is 3.77. The maximum absolute atomic E-state index is 6.15. The standard InChI is InChI=1S/C11H13Cl2N5/c1-14-9(4-10-16-6-17-18(10)2)11-8(13)3-7(12)5-15-11/h3,5-6,9,14H,4H2,1-2H3. The van der Waals surface area contributed by atoms with E-state index in [1.54, 1.807) is 16.9 Å². The Morgan fingerprint density at radius 1 is 1.39 bits per heavy atom. The maximum atomic E-state index is 6.15. The third kappa shape index (κ3) is 2.80. The molecule has 0 spiro atoms. The van der Waals surface area contributed by atoms with Crippen LogP contribution in [0.5, 0.6) is 0 Å². The van der Waals surface area contributed by atoms with Crippen LogP contribution in [-0.2, 0) is 13.5 Å². The first-order valence-corrected chi connectivity index (χ1v) is 6.18. The third-order valence-electron chi connectivity index (χ3n) is 2.71. The van der Waals surface area contributed by atoms with Gasteiger partial charge in [0.2, 0.25) is 0 Å². The number of hydrogen-bond acceptors (Lipinski definition) is 4. The lowest BCUT2D eigenvalue weighted by atomic mass is 10.1. The zero-order valence-electron chi connectivity index (χ0n) is 10.1. The smallest absolute Gasteiger partial charge is 0.138 e. The average Bonchev–Trinajstić information content (AvgIpc) is 2.73. The molecule has 2 heterocycles. The summed E-state index contributed by atoms with van der Waals surface area (Å²) in [6.45, 7) is 0. The molecule has 7 heteroatoms. The lowest BCUT2D eigenvalue weighted by molar-refractivity contribution is 0.541. The highest BCUT2D eigenvalue weighted by Crippen LogP contribution is 2.25. The van der Waals surface area contributed by atoms with Crippen molar-refractivity contribution >= 4 is 23.2 Å². The van der Waals surface area contributed by atoms with Crippen molar-refractivity contribution in [2.24, 2.45) is 7.05 Å². The Balaban J connectivity index is 2.26. The highest BCUT2D eigenvalue weighted by molar-refractivity contribution is 6.34. The second-order valence-electron chi connectivity index (χ2n) is 3.87. The van der Waals surface area contributed by atoms with Crippen LogP contribution in [0.4, 0.5) is 0 Å². The number of aromatic nitrogens is 4. The van der Waals surface area contributed by atoms with Gasteiger partial charge in [-0.15, -0.1) is 0 Å². The number of halogens is 2. The topological polar surface area (TPSA) is 55.6 Å². The predicted octanol–water partition coefficient (Wildman–Crippen LogP) is 2.02. The van der Waals surface area contributed by atoms with Crippen molar-refractivity contribution in [1.29, 1.82) is 0 Å². The molecule has 18 heavy (non-hydrogen) atoms. The highest BCUT2D eigenvalue weighted by atomic mass is 35.5. The van der Waals surface area contributed by atoms with E-state index in [0.29, 0.717) is 16.5 Å². The van der Waals surface area contributed by atoms with Crippen molar-refractivity contribution in [2.75, 3.05) is 7.05 Å². The van der Waals surface area contributed by atoms with Gasteiger partial charge in [0.25, 0.3) is 0 Å². The van der Waals surface area contributed by atoms with Crippen molar-refractivity contribution in [2.45, 2.75) is 12.5 Å². The van der Waals surface area contributed by atoms with E-state index >= 15 is 0 Å². The number of likely N-dealkylation sites (N-methyl/N-ethyl adjacent to an activating group) is 1. The van der Waals surface area contributed by atoms with E-state index in [1.807, 2.05) is 14.1 Å². The molecule has 2 rings (SSSR count). The van der Waals surface area contributed by atoms with E-state index in [2.05, 4.69) is 20.4 Å². The summed E-state index contributed by atoms with van der Waals surface area (Å²) in [5, 5.41) is 8.28. The Morgan fingerprint density at radius 3 is 2.72 bits per heavy atom. The summed E-state index contributed by atoms with van der Waals surface area (Å²) in [5.74, 6) is 0.863. The van der Waals surface area contributed by atoms with E-state index in [4.69, 9.17) is 23.2 Å². The fraction of sp³-hybridized carbons (Fsp3) is 0.364. The zero-order chi connectivity index (χ0) is 13.1. The van der Waals surface area contributed by atoms with Crippen LogP contribution in [0.3, 0.4) is 0 Å². The Hall–Kier alpha value is -1.17. The Morgan fingerprint density at radius 2 is 2.17 bits per heavy atom. The van der Waals surface area contributed by atoms with E-state index in [0.717, 1.165) is 11.5 Å². The van der Waals surface area contributed by atoms with Crippen molar-refractivity contribution in [3.63, 3.8) is 0 Å². The Labute approximate surface area is 115 Å². The Kier molecular flexibility index (Phi) is 4.16. The van der Waals surface area contributed by atoms with Gasteiger partial charge in [0, 0.05) is 19.7 Å². The van der Waals surface area contributed by atoms with Crippen molar-refractivity contribution in [3.8, 4) is 0 Å². The normalized spacial score (nSPS) is 12.7. The molecule has 0 bridgehead atoms. The van der Waals surface area contributed by atoms with Gasteiger partial charge in [0.15, 0.2) is 0 Å². The molecule has 0 aromatic carbocycles. The summed E-state index contributed by atoms with van der Waals surface area (Å²) in [5.41, 5.74) is 0.756. The molecular weight excluding hydrogens is 273 g/mol. The molecule has 0 saturated heterocycles. The van der Waals surface area contributed by atoms with Crippen LogP contribution in [-0.4, -0.2) is 26.8 Å². The van der Waals surface area contributed by atoms with Gasteiger partial charge >= 0.3 is 0 Å². The van der Waals surface area contributed by atoms with Gasteiger partial charge in [-0.3, -0.25) is 9.67 Å². The number of nitrogens with zero attached hydrogens (tertiary/aromatic N) is 4. The van der Waals surface area contributed by atoms with Gasteiger partial charge in [-0.05, 0) is 13.1 Å². The van der Waals surface area contributed by atoms with Gasteiger partial charge in [0.1, 0.15) is 12.2 Å². The van der Waals surface area contributed by atoms with Crippen LogP contribution in [0, 0.1) is 0 Å². The molecule has 0 amide bonds. The molecule has 0 saturated carbocycles. The molecule has 5 nitrogen and oxygen atoms in total. The molecule has 0 aliphatic rings. The molecule has 0 fully saturated rings. The quantitative estimate of drug-likeness (QED) is 0.934. The van der Waals surface area contributed by atoms with Crippen LogP contribution in [0.15, 0.2) is 18.6 Å². The molecule has 1 N–H and O–H groups in total. The first kappa shape index (κ1) is 13.3. The fourth-order valence-electron chi connectivity index (χ4n) is 1.70. The van der Waals surface area contributed by atoms with E-state index in [9.17, 15) is 0 Å². The molecule has 1 unspecified atom stereocenters. The molecule has 0 aliphatic carbocycles. The van der Waals surface area contributed by atoms with Crippen LogP contribution in [0.2, 0.25) is 10.0 Å². The van der Waals surface area contributed by atoms with Gasteiger partial charge < -0.3 is 5.32 Å². The molecule has 96 valence electrons. The number of hydrogen-bond donors (Lipinski definition) is 1. The molecule has 2 aromatic heterocycles. The summed E-state index contributed by atoms with van der Waals surface area (Å²) >= 11 is 12.0. The fourth-order valence-corrected chi connectivity index (χ4v) is 2.22. The minimum Gasteiger partial charge on any atom is -0.311 e. The number of rotatable bonds is 4. The van der Waals surface area contributed by atoms with Crippen LogP contribution >= 0.6 is 23.2 Å². The first-order valence-electron chi connectivity index (χ1n) is 5.43. The molecule has 0 aliphatic heterocycles. The molecule has 0 radical (unpaired) electrons. The van der Waals surface area contributed by atoms with Gasteiger partial charge in [-0.1, -0.05) is 23.2 Å². The highest BCUT2D eigenvalue weighted by Gasteiger charge is 2.17. The van der Waals surface area contributed by atoms with Crippen molar-refractivity contribution in [1.82, 2.24) is 25.1 Å². The van der Waals surface area contributed by atoms with Crippen LogP contribution < -0.4 is 5.32 Å². The SMILES string of the molecule is CNC(Cc1ncnn1C)c1ncc(Cl)cc1Cl. The predicted molar refractivity (Wildman–Crippen MR) is 70.8 cm³/mol. The van der Waals surface area contributed by atoms with Crippen molar-refractivity contribution in [3.05, 3.63) is 40.2 Å². The maximum Gasteiger partial charge on any atom is 0.138 e. The minimum absolute atomic E-state index is 0.0299. The summed E-state index contributed by atoms with van der Waals surface area (Å²) in [6, 6.07) is 1.66. The van der Waals surface area contributed by atoms with Crippen LogP contribution in [0.25, 0.3) is 0 Å². The van der Waals surface area contributed by atoms with Gasteiger partial charge in [0.05, 0.1) is 21.8 Å². The average molecular weight is 286 g/mol. The lowest BCUT2D eigenvalue weighted by Crippen LogP contribution is -2.22. The summed E-state index contributed by atoms with van der Waals surface area (Å²) in [7, 11) is 3.71. The van der Waals surface area contributed by atoms with Gasteiger partial charge in [-0.2, -0.15) is 5.10 Å². The third-order valence-corrected chi connectivity index (χ3v) is 3.22. The van der Waals surface area contributed by atoms with Gasteiger partial charge in [-0.25, -0.2) is 4.98 Å². The molecular formula is C11H13Cl2N5. The monoisotopic (exact) mass is 285 g/mol. The zero-order valence-corrected chi connectivity index (χ0v) is 11.6. The lowest BCUT2D eigenvalue weighted by Gasteiger charge is -2.16. The number of aryl methyl sites for hydroxylation is 1. The minimum atomic E-state index is -0.0299.